The van der Waals surface area contributed by atoms with Gasteiger partial charge in [0.15, 0.2) is 0 Å². The van der Waals surface area contributed by atoms with E-state index in [1.54, 1.807) is 0 Å². The molecular formula is C15H20BrIO. The maximum absolute atomic E-state index is 10.7. The van der Waals surface area contributed by atoms with Crippen LogP contribution in [-0.2, 0) is 0 Å². The lowest BCUT2D eigenvalue weighted by molar-refractivity contribution is 0.0546. The summed E-state index contributed by atoms with van der Waals surface area (Å²) in [5.41, 5.74) is 1.08. The van der Waals surface area contributed by atoms with Crippen LogP contribution in [0.3, 0.4) is 0 Å². The van der Waals surface area contributed by atoms with Crippen molar-refractivity contribution in [2.24, 2.45) is 17.8 Å². The van der Waals surface area contributed by atoms with Crippen molar-refractivity contribution in [2.45, 2.75) is 39.2 Å². The zero-order chi connectivity index (χ0) is 13.3. The number of hydrogen-bond acceptors (Lipinski definition) is 1. The number of rotatable bonds is 2. The molecule has 1 saturated carbocycles. The van der Waals surface area contributed by atoms with E-state index in [4.69, 9.17) is 0 Å². The number of aliphatic hydroxyl groups excluding tert-OH is 1. The second-order valence-corrected chi connectivity index (χ2v) is 7.87. The molecule has 100 valence electrons. The van der Waals surface area contributed by atoms with E-state index in [1.165, 1.54) is 6.42 Å². The molecule has 0 spiro atoms. The molecule has 1 aliphatic carbocycles. The zero-order valence-corrected chi connectivity index (χ0v) is 14.6. The van der Waals surface area contributed by atoms with E-state index in [-0.39, 0.29) is 6.10 Å². The SMILES string of the molecule is CC1CC(C)CC(C(O)c2cc(Br)ccc2I)C1. The van der Waals surface area contributed by atoms with Crippen LogP contribution < -0.4 is 0 Å². The average molecular weight is 423 g/mol. The lowest BCUT2D eigenvalue weighted by Crippen LogP contribution is -2.25. The van der Waals surface area contributed by atoms with Crippen LogP contribution in [-0.4, -0.2) is 5.11 Å². The predicted molar refractivity (Wildman–Crippen MR) is 87.5 cm³/mol. The first kappa shape index (κ1) is 14.8. The molecule has 18 heavy (non-hydrogen) atoms. The lowest BCUT2D eigenvalue weighted by atomic mass is 9.73. The highest BCUT2D eigenvalue weighted by molar-refractivity contribution is 14.1. The van der Waals surface area contributed by atoms with Gasteiger partial charge in [0.05, 0.1) is 6.10 Å². The van der Waals surface area contributed by atoms with Crippen molar-refractivity contribution in [3.63, 3.8) is 0 Å². The van der Waals surface area contributed by atoms with Gasteiger partial charge < -0.3 is 5.11 Å². The molecule has 3 atom stereocenters. The highest BCUT2D eigenvalue weighted by atomic mass is 127. The highest BCUT2D eigenvalue weighted by Gasteiger charge is 2.30. The molecule has 1 aromatic carbocycles. The van der Waals surface area contributed by atoms with Crippen LogP contribution in [0, 0.1) is 21.3 Å². The summed E-state index contributed by atoms with van der Waals surface area (Å²) in [7, 11) is 0. The van der Waals surface area contributed by atoms with Gasteiger partial charge in [0, 0.05) is 8.04 Å². The maximum Gasteiger partial charge on any atom is 0.0829 e. The molecule has 2 rings (SSSR count). The van der Waals surface area contributed by atoms with Gasteiger partial charge >= 0.3 is 0 Å². The third-order valence-electron chi connectivity index (χ3n) is 3.94. The van der Waals surface area contributed by atoms with Gasteiger partial charge in [0.2, 0.25) is 0 Å². The first-order chi connectivity index (χ1) is 8.47. The number of aliphatic hydroxyl groups is 1. The quantitative estimate of drug-likeness (QED) is 0.652. The molecule has 0 radical (unpaired) electrons. The molecule has 1 nitrogen and oxygen atoms in total. The van der Waals surface area contributed by atoms with Gasteiger partial charge in [0.25, 0.3) is 0 Å². The molecule has 1 aliphatic rings. The van der Waals surface area contributed by atoms with Crippen molar-refractivity contribution < 1.29 is 5.11 Å². The van der Waals surface area contributed by atoms with Crippen LogP contribution in [0.4, 0.5) is 0 Å². The van der Waals surface area contributed by atoms with E-state index in [1.807, 2.05) is 6.07 Å². The van der Waals surface area contributed by atoms with Crippen molar-refractivity contribution in [1.82, 2.24) is 0 Å². The van der Waals surface area contributed by atoms with Gasteiger partial charge in [-0.3, -0.25) is 0 Å². The topological polar surface area (TPSA) is 20.2 Å². The van der Waals surface area contributed by atoms with Gasteiger partial charge in [-0.1, -0.05) is 29.8 Å². The fourth-order valence-electron chi connectivity index (χ4n) is 3.26. The number of benzene rings is 1. The van der Waals surface area contributed by atoms with Crippen molar-refractivity contribution >= 4 is 38.5 Å². The molecule has 0 amide bonds. The zero-order valence-electron chi connectivity index (χ0n) is 10.9. The first-order valence-corrected chi connectivity index (χ1v) is 8.47. The molecule has 3 heteroatoms. The molecule has 3 unspecified atom stereocenters. The summed E-state index contributed by atoms with van der Waals surface area (Å²) in [6, 6.07) is 6.17. The summed E-state index contributed by atoms with van der Waals surface area (Å²) < 4.78 is 2.21. The second kappa shape index (κ2) is 6.23. The fourth-order valence-corrected chi connectivity index (χ4v) is 4.30. The van der Waals surface area contributed by atoms with Crippen LogP contribution >= 0.6 is 38.5 Å². The Kier molecular flexibility index (Phi) is 5.12. The van der Waals surface area contributed by atoms with Crippen LogP contribution in [0.15, 0.2) is 22.7 Å². The van der Waals surface area contributed by atoms with E-state index in [2.05, 4.69) is 64.5 Å². The Morgan fingerprint density at radius 1 is 1.22 bits per heavy atom. The summed E-state index contributed by atoms with van der Waals surface area (Å²) in [6.07, 6.45) is 3.28. The summed E-state index contributed by atoms with van der Waals surface area (Å²) in [4.78, 5) is 0. The minimum atomic E-state index is -0.320. The van der Waals surface area contributed by atoms with Crippen molar-refractivity contribution in [3.8, 4) is 0 Å². The monoisotopic (exact) mass is 422 g/mol. The Bertz CT molecular complexity index is 411. The summed E-state index contributed by atoms with van der Waals surface area (Å²) in [5, 5.41) is 10.7. The Morgan fingerprint density at radius 3 is 2.44 bits per heavy atom. The van der Waals surface area contributed by atoms with E-state index < -0.39 is 0 Å². The van der Waals surface area contributed by atoms with E-state index in [0.717, 1.165) is 38.3 Å². The minimum absolute atomic E-state index is 0.320. The van der Waals surface area contributed by atoms with E-state index in [9.17, 15) is 5.11 Å². The molecule has 0 aliphatic heterocycles. The Hall–Kier alpha value is 0.390. The van der Waals surface area contributed by atoms with Gasteiger partial charge in [0.1, 0.15) is 0 Å². The predicted octanol–water partition coefficient (Wildman–Crippen LogP) is 5.16. The standard InChI is InChI=1S/C15H20BrIO/c1-9-5-10(2)7-11(6-9)15(18)13-8-12(16)3-4-14(13)17/h3-4,8-11,15,18H,5-7H2,1-2H3. The summed E-state index contributed by atoms with van der Waals surface area (Å²) in [6.45, 7) is 4.61. The van der Waals surface area contributed by atoms with Crippen LogP contribution in [0.2, 0.25) is 0 Å². The third-order valence-corrected chi connectivity index (χ3v) is 5.41. The lowest BCUT2D eigenvalue weighted by Gasteiger charge is -2.34. The summed E-state index contributed by atoms with van der Waals surface area (Å²) in [5.74, 6) is 1.88. The largest absolute Gasteiger partial charge is 0.388 e. The molecule has 0 bridgehead atoms. The molecule has 1 fully saturated rings. The molecular weight excluding hydrogens is 403 g/mol. The molecule has 0 aromatic heterocycles. The first-order valence-electron chi connectivity index (χ1n) is 6.60. The normalized spacial score (nSPS) is 30.2. The van der Waals surface area contributed by atoms with Crippen LogP contribution in [0.1, 0.15) is 44.8 Å². The molecule has 1 aromatic rings. The van der Waals surface area contributed by atoms with Gasteiger partial charge in [-0.15, -0.1) is 0 Å². The molecule has 1 N–H and O–H groups in total. The third kappa shape index (κ3) is 3.48. The smallest absolute Gasteiger partial charge is 0.0829 e. The Morgan fingerprint density at radius 2 is 1.83 bits per heavy atom. The van der Waals surface area contributed by atoms with Gasteiger partial charge in [-0.25, -0.2) is 0 Å². The number of halogens is 2. The Labute approximate surface area is 132 Å². The molecule has 0 heterocycles. The van der Waals surface area contributed by atoms with Crippen molar-refractivity contribution in [2.75, 3.05) is 0 Å². The molecule has 0 saturated heterocycles. The average Bonchev–Trinajstić information content (AvgIpc) is 2.30. The van der Waals surface area contributed by atoms with Crippen LogP contribution in [0.5, 0.6) is 0 Å². The second-order valence-electron chi connectivity index (χ2n) is 5.79. The van der Waals surface area contributed by atoms with E-state index in [0.29, 0.717) is 5.92 Å². The van der Waals surface area contributed by atoms with Crippen molar-refractivity contribution in [3.05, 3.63) is 31.8 Å². The van der Waals surface area contributed by atoms with Crippen LogP contribution in [0.25, 0.3) is 0 Å². The Balaban J connectivity index is 2.19. The highest BCUT2D eigenvalue weighted by Crippen LogP contribution is 2.41. The number of hydrogen-bond donors (Lipinski definition) is 1. The maximum atomic E-state index is 10.7. The summed E-state index contributed by atoms with van der Waals surface area (Å²) >= 11 is 5.82. The van der Waals surface area contributed by atoms with Gasteiger partial charge in [-0.05, 0) is 83.4 Å². The minimum Gasteiger partial charge on any atom is -0.388 e. The van der Waals surface area contributed by atoms with E-state index >= 15 is 0 Å². The van der Waals surface area contributed by atoms with Gasteiger partial charge in [-0.2, -0.15) is 0 Å². The fraction of sp³-hybridized carbons (Fsp3) is 0.600. The van der Waals surface area contributed by atoms with Crippen molar-refractivity contribution in [1.29, 1.82) is 0 Å².